The van der Waals surface area contributed by atoms with E-state index in [1.165, 1.54) is 0 Å². The Hall–Kier alpha value is -2.67. The van der Waals surface area contributed by atoms with E-state index in [1.807, 2.05) is 18.2 Å². The van der Waals surface area contributed by atoms with Gasteiger partial charge in [0.15, 0.2) is 11.5 Å². The molecule has 144 valence electrons. The number of furan rings is 1. The van der Waals surface area contributed by atoms with Crippen molar-refractivity contribution in [3.05, 3.63) is 36.1 Å². The second-order valence-electron chi connectivity index (χ2n) is 6.84. The molecule has 1 aromatic heterocycles. The van der Waals surface area contributed by atoms with Crippen molar-refractivity contribution < 1.29 is 18.8 Å². The number of hydrogen-bond acceptors (Lipinski definition) is 5. The second-order valence-corrected chi connectivity index (χ2v) is 6.84. The van der Waals surface area contributed by atoms with E-state index in [4.69, 9.17) is 4.42 Å². The number of carbonyl (C=O) groups is 3. The normalized spacial score (nSPS) is 18.3. The number of nitrogens with zero attached hydrogens (tertiary/aromatic N) is 1. The number of likely N-dealkylation sites (tertiary alicyclic amines) is 1. The highest BCUT2D eigenvalue weighted by atomic mass is 16.3. The first-order chi connectivity index (χ1) is 13.1. The van der Waals surface area contributed by atoms with Gasteiger partial charge in [-0.25, -0.2) is 0 Å². The number of hydrogen-bond donors (Lipinski definition) is 2. The van der Waals surface area contributed by atoms with E-state index < -0.39 is 11.9 Å². The van der Waals surface area contributed by atoms with Crippen LogP contribution in [0.4, 0.5) is 0 Å². The molecule has 0 aliphatic carbocycles. The quantitative estimate of drug-likeness (QED) is 0.807. The fraction of sp³-hybridized carbons (Fsp3) is 0.450. The van der Waals surface area contributed by atoms with Crippen LogP contribution in [-0.4, -0.2) is 54.7 Å². The predicted molar refractivity (Wildman–Crippen MR) is 101 cm³/mol. The molecule has 2 heterocycles. The number of amides is 2. The van der Waals surface area contributed by atoms with Gasteiger partial charge in [0.2, 0.25) is 5.91 Å². The Morgan fingerprint density at radius 1 is 1.30 bits per heavy atom. The van der Waals surface area contributed by atoms with Crippen molar-refractivity contribution in [3.63, 3.8) is 0 Å². The summed E-state index contributed by atoms with van der Waals surface area (Å²) in [7, 11) is 0. The zero-order valence-electron chi connectivity index (χ0n) is 15.5. The molecule has 2 amide bonds. The molecule has 0 saturated carbocycles. The number of fused-ring (bicyclic) bond motifs is 1. The maximum Gasteiger partial charge on any atom is 0.287 e. The Labute approximate surface area is 158 Å². The van der Waals surface area contributed by atoms with Gasteiger partial charge in [-0.05, 0) is 44.5 Å². The summed E-state index contributed by atoms with van der Waals surface area (Å²) in [6.45, 7) is 4.01. The molecule has 27 heavy (non-hydrogen) atoms. The van der Waals surface area contributed by atoms with Crippen LogP contribution in [-0.2, 0) is 9.59 Å². The first-order valence-corrected chi connectivity index (χ1v) is 9.38. The van der Waals surface area contributed by atoms with Gasteiger partial charge in [-0.15, -0.1) is 0 Å². The first-order valence-electron chi connectivity index (χ1n) is 9.38. The van der Waals surface area contributed by atoms with Crippen molar-refractivity contribution in [1.82, 2.24) is 15.5 Å². The van der Waals surface area contributed by atoms with Gasteiger partial charge in [0, 0.05) is 5.39 Å². The Morgan fingerprint density at radius 2 is 2.11 bits per heavy atom. The molecule has 1 aliphatic rings. The summed E-state index contributed by atoms with van der Waals surface area (Å²) in [4.78, 5) is 38.8. The standard InChI is InChI=1S/C20H25N3O4/c1-2-9-23-10-5-7-15(16(24)13-23)22-19(25)12-21-20(26)18-11-14-6-3-4-8-17(14)27-18/h3-4,6,8,11,15H,2,5,7,9-10,12-13H2,1H3,(H,21,26)(H,22,25)/t15-/m0/s1. The topological polar surface area (TPSA) is 91.7 Å². The third kappa shape index (κ3) is 4.95. The number of rotatable bonds is 6. The third-order valence-electron chi connectivity index (χ3n) is 4.67. The van der Waals surface area contributed by atoms with Gasteiger partial charge >= 0.3 is 0 Å². The molecule has 1 saturated heterocycles. The third-order valence-corrected chi connectivity index (χ3v) is 4.67. The van der Waals surface area contributed by atoms with Gasteiger partial charge in [0.25, 0.3) is 5.91 Å². The molecule has 2 N–H and O–H groups in total. The number of ketones is 1. The van der Waals surface area contributed by atoms with Crippen LogP contribution in [0.2, 0.25) is 0 Å². The summed E-state index contributed by atoms with van der Waals surface area (Å²) in [5, 5.41) is 6.11. The van der Waals surface area contributed by atoms with E-state index in [2.05, 4.69) is 22.5 Å². The van der Waals surface area contributed by atoms with E-state index in [0.717, 1.165) is 31.3 Å². The molecule has 0 bridgehead atoms. The smallest absolute Gasteiger partial charge is 0.287 e. The molecule has 1 aromatic carbocycles. The number of carbonyl (C=O) groups excluding carboxylic acids is 3. The zero-order valence-corrected chi connectivity index (χ0v) is 15.5. The highest BCUT2D eigenvalue weighted by Crippen LogP contribution is 2.18. The van der Waals surface area contributed by atoms with Crippen molar-refractivity contribution >= 4 is 28.6 Å². The van der Waals surface area contributed by atoms with Crippen LogP contribution in [0.5, 0.6) is 0 Å². The number of nitrogens with one attached hydrogen (secondary N) is 2. The minimum Gasteiger partial charge on any atom is -0.451 e. The maximum atomic E-state index is 12.3. The van der Waals surface area contributed by atoms with Crippen LogP contribution in [0.25, 0.3) is 11.0 Å². The highest BCUT2D eigenvalue weighted by molar-refractivity contribution is 5.98. The average Bonchev–Trinajstić information content (AvgIpc) is 3.02. The number of benzene rings is 1. The lowest BCUT2D eigenvalue weighted by Gasteiger charge is -2.18. The second kappa shape index (κ2) is 8.81. The van der Waals surface area contributed by atoms with Crippen LogP contribution in [0.3, 0.4) is 0 Å². The Bertz CT molecular complexity index is 796. The lowest BCUT2D eigenvalue weighted by molar-refractivity contribution is -0.127. The van der Waals surface area contributed by atoms with Crippen molar-refractivity contribution in [2.24, 2.45) is 0 Å². The summed E-state index contributed by atoms with van der Waals surface area (Å²) in [5.41, 5.74) is 0.618. The SMILES string of the molecule is CCCN1CCC[C@H](NC(=O)CNC(=O)c2cc3ccccc3o2)C(=O)C1. The van der Waals surface area contributed by atoms with Crippen LogP contribution in [0.15, 0.2) is 34.7 Å². The van der Waals surface area contributed by atoms with Gasteiger partial charge in [0.05, 0.1) is 19.1 Å². The fourth-order valence-corrected chi connectivity index (χ4v) is 3.34. The van der Waals surface area contributed by atoms with Crippen molar-refractivity contribution in [2.45, 2.75) is 32.2 Å². The monoisotopic (exact) mass is 371 g/mol. The maximum absolute atomic E-state index is 12.3. The summed E-state index contributed by atoms with van der Waals surface area (Å²) in [6.07, 6.45) is 2.49. The van der Waals surface area contributed by atoms with Gasteiger partial charge in [-0.1, -0.05) is 25.1 Å². The lowest BCUT2D eigenvalue weighted by atomic mass is 10.1. The minimum absolute atomic E-state index is 0.0258. The largest absolute Gasteiger partial charge is 0.451 e. The predicted octanol–water partition coefficient (Wildman–Crippen LogP) is 1.72. The molecular weight excluding hydrogens is 346 g/mol. The molecule has 2 aromatic rings. The van der Waals surface area contributed by atoms with Crippen LogP contribution in [0.1, 0.15) is 36.7 Å². The lowest BCUT2D eigenvalue weighted by Crippen LogP contribution is -2.46. The summed E-state index contributed by atoms with van der Waals surface area (Å²) < 4.78 is 5.48. The van der Waals surface area contributed by atoms with E-state index in [-0.39, 0.29) is 24.0 Å². The number of Topliss-reactive ketones (excluding diaryl/α,β-unsaturated/α-hetero) is 1. The average molecular weight is 371 g/mol. The highest BCUT2D eigenvalue weighted by Gasteiger charge is 2.25. The Morgan fingerprint density at radius 3 is 2.89 bits per heavy atom. The van der Waals surface area contributed by atoms with Crippen molar-refractivity contribution in [1.29, 1.82) is 0 Å². The van der Waals surface area contributed by atoms with Gasteiger partial charge in [0.1, 0.15) is 5.58 Å². The van der Waals surface area contributed by atoms with Crippen LogP contribution < -0.4 is 10.6 Å². The van der Waals surface area contributed by atoms with Gasteiger partial charge < -0.3 is 15.1 Å². The zero-order chi connectivity index (χ0) is 19.2. The molecule has 7 nitrogen and oxygen atoms in total. The van der Waals surface area contributed by atoms with Crippen molar-refractivity contribution in [2.75, 3.05) is 26.2 Å². The Kier molecular flexibility index (Phi) is 6.24. The molecule has 0 spiro atoms. The van der Waals surface area contributed by atoms with E-state index in [9.17, 15) is 14.4 Å². The Balaban J connectivity index is 1.50. The molecule has 1 aliphatic heterocycles. The van der Waals surface area contributed by atoms with Gasteiger partial charge in [-0.3, -0.25) is 19.3 Å². The van der Waals surface area contributed by atoms with Crippen LogP contribution in [0, 0.1) is 0 Å². The summed E-state index contributed by atoms with van der Waals surface area (Å²) >= 11 is 0. The summed E-state index contributed by atoms with van der Waals surface area (Å²) in [6, 6.07) is 8.47. The van der Waals surface area contributed by atoms with Crippen molar-refractivity contribution in [3.8, 4) is 0 Å². The minimum atomic E-state index is -0.484. The van der Waals surface area contributed by atoms with E-state index in [0.29, 0.717) is 18.5 Å². The fourth-order valence-electron chi connectivity index (χ4n) is 3.34. The molecule has 1 fully saturated rings. The molecule has 0 unspecified atom stereocenters. The molecule has 3 rings (SSSR count). The first kappa shape index (κ1) is 19.1. The van der Waals surface area contributed by atoms with E-state index >= 15 is 0 Å². The van der Waals surface area contributed by atoms with Crippen LogP contribution >= 0.6 is 0 Å². The van der Waals surface area contributed by atoms with Gasteiger partial charge in [-0.2, -0.15) is 0 Å². The molecule has 0 radical (unpaired) electrons. The molecule has 7 heteroatoms. The summed E-state index contributed by atoms with van der Waals surface area (Å²) in [5.74, 6) is -0.646. The number of para-hydroxylation sites is 1. The molecular formula is C20H25N3O4. The van der Waals surface area contributed by atoms with E-state index in [1.54, 1.807) is 12.1 Å². The molecule has 1 atom stereocenters.